The molecule has 0 bridgehead atoms. The van der Waals surface area contributed by atoms with Crippen molar-refractivity contribution in [3.05, 3.63) is 44.2 Å². The van der Waals surface area contributed by atoms with Crippen LogP contribution < -0.4 is 9.62 Å². The van der Waals surface area contributed by atoms with Crippen molar-refractivity contribution in [1.82, 2.24) is 0 Å². The van der Waals surface area contributed by atoms with Crippen molar-refractivity contribution in [2.75, 3.05) is 29.0 Å². The van der Waals surface area contributed by atoms with Crippen LogP contribution in [0.5, 0.6) is 0 Å². The van der Waals surface area contributed by atoms with E-state index in [2.05, 4.69) is 5.32 Å². The lowest BCUT2D eigenvalue weighted by molar-refractivity contribution is -0.114. The molecular formula is C20H22Cl2N2O5S2. The number of amides is 1. The smallest absolute Gasteiger partial charge is 0.341 e. The van der Waals surface area contributed by atoms with Gasteiger partial charge in [-0.2, -0.15) is 0 Å². The monoisotopic (exact) mass is 504 g/mol. The van der Waals surface area contributed by atoms with Gasteiger partial charge in [-0.3, -0.25) is 9.10 Å². The average molecular weight is 505 g/mol. The van der Waals surface area contributed by atoms with Gasteiger partial charge in [0.1, 0.15) is 11.5 Å². The molecule has 0 radical (unpaired) electrons. The van der Waals surface area contributed by atoms with Crippen molar-refractivity contribution < 1.29 is 22.7 Å². The number of hydrogen-bond donors (Lipinski definition) is 1. The highest BCUT2D eigenvalue weighted by atomic mass is 35.5. The topological polar surface area (TPSA) is 92.8 Å². The number of fused-ring (bicyclic) bond motifs is 1. The van der Waals surface area contributed by atoms with Gasteiger partial charge in [0, 0.05) is 9.90 Å². The van der Waals surface area contributed by atoms with Crippen molar-refractivity contribution >= 4 is 67.1 Å². The van der Waals surface area contributed by atoms with Crippen LogP contribution in [0.15, 0.2) is 18.2 Å². The minimum atomic E-state index is -3.84. The number of carbonyl (C=O) groups is 2. The predicted molar refractivity (Wildman–Crippen MR) is 124 cm³/mol. The molecule has 11 heteroatoms. The molecule has 0 fully saturated rings. The number of nitrogens with zero attached hydrogens (tertiary/aromatic N) is 1. The summed E-state index contributed by atoms with van der Waals surface area (Å²) in [6, 6.07) is 4.36. The van der Waals surface area contributed by atoms with Gasteiger partial charge in [-0.05, 0) is 56.4 Å². The molecule has 0 atom stereocenters. The molecule has 1 aliphatic carbocycles. The highest BCUT2D eigenvalue weighted by molar-refractivity contribution is 7.92. The minimum absolute atomic E-state index is 0.0999. The van der Waals surface area contributed by atoms with Crippen LogP contribution in [0.4, 0.5) is 10.7 Å². The lowest BCUT2D eigenvalue weighted by Crippen LogP contribution is -2.37. The minimum Gasteiger partial charge on any atom is -0.462 e. The Morgan fingerprint density at radius 1 is 1.23 bits per heavy atom. The van der Waals surface area contributed by atoms with Crippen LogP contribution in [0.1, 0.15) is 40.6 Å². The fraction of sp³-hybridized carbons (Fsp3) is 0.400. The molecule has 1 aliphatic rings. The van der Waals surface area contributed by atoms with E-state index in [4.69, 9.17) is 27.9 Å². The maximum Gasteiger partial charge on any atom is 0.341 e. The highest BCUT2D eigenvalue weighted by Gasteiger charge is 2.29. The summed E-state index contributed by atoms with van der Waals surface area (Å²) in [7, 11) is -3.84. The van der Waals surface area contributed by atoms with Crippen molar-refractivity contribution in [2.45, 2.75) is 32.6 Å². The van der Waals surface area contributed by atoms with Gasteiger partial charge in [0.15, 0.2) is 0 Å². The fourth-order valence-electron chi connectivity index (χ4n) is 3.43. The van der Waals surface area contributed by atoms with Crippen LogP contribution in [0.3, 0.4) is 0 Å². The first-order valence-electron chi connectivity index (χ1n) is 9.66. The van der Waals surface area contributed by atoms with E-state index in [1.807, 2.05) is 0 Å². The number of aryl methyl sites for hydroxylation is 1. The van der Waals surface area contributed by atoms with Gasteiger partial charge in [0.05, 0.1) is 29.1 Å². The Labute approximate surface area is 195 Å². The lowest BCUT2D eigenvalue weighted by atomic mass is 9.95. The van der Waals surface area contributed by atoms with Crippen LogP contribution in [-0.2, 0) is 32.4 Å². The number of carbonyl (C=O) groups excluding carboxylic acids is 2. The number of benzene rings is 1. The number of sulfonamides is 1. The summed E-state index contributed by atoms with van der Waals surface area (Å²) in [5, 5.41) is 3.51. The Bertz CT molecular complexity index is 1120. The number of nitrogens with one attached hydrogen (secondary N) is 1. The summed E-state index contributed by atoms with van der Waals surface area (Å²) in [5.41, 5.74) is 1.37. The van der Waals surface area contributed by atoms with E-state index < -0.39 is 28.4 Å². The number of halogens is 2. The number of anilines is 2. The van der Waals surface area contributed by atoms with Crippen LogP contribution in [0.25, 0.3) is 0 Å². The van der Waals surface area contributed by atoms with Gasteiger partial charge in [0.2, 0.25) is 15.9 Å². The summed E-state index contributed by atoms with van der Waals surface area (Å²) in [4.78, 5) is 26.4. The van der Waals surface area contributed by atoms with E-state index >= 15 is 0 Å². The molecule has 2 aromatic rings. The first-order chi connectivity index (χ1) is 14.6. The van der Waals surface area contributed by atoms with Crippen molar-refractivity contribution in [3.8, 4) is 0 Å². The molecule has 3 rings (SSSR count). The Balaban J connectivity index is 1.91. The average Bonchev–Trinajstić information content (AvgIpc) is 3.05. The molecule has 31 heavy (non-hydrogen) atoms. The summed E-state index contributed by atoms with van der Waals surface area (Å²) in [6.07, 6.45) is 4.52. The van der Waals surface area contributed by atoms with Crippen molar-refractivity contribution in [3.63, 3.8) is 0 Å². The molecule has 7 nitrogen and oxygen atoms in total. The third-order valence-corrected chi connectivity index (χ3v) is 7.66. The molecule has 1 aromatic heterocycles. The van der Waals surface area contributed by atoms with Gasteiger partial charge >= 0.3 is 5.97 Å². The molecule has 0 aliphatic heterocycles. The Hall–Kier alpha value is -1.81. The number of esters is 1. The van der Waals surface area contributed by atoms with E-state index in [0.29, 0.717) is 10.6 Å². The van der Waals surface area contributed by atoms with E-state index in [0.717, 1.165) is 46.7 Å². The molecule has 0 unspecified atom stereocenters. The quantitative estimate of drug-likeness (QED) is 0.559. The summed E-state index contributed by atoms with van der Waals surface area (Å²) >= 11 is 13.5. The number of rotatable bonds is 7. The van der Waals surface area contributed by atoms with E-state index in [-0.39, 0.29) is 22.3 Å². The molecule has 1 N–H and O–H groups in total. The third kappa shape index (κ3) is 5.52. The summed E-state index contributed by atoms with van der Waals surface area (Å²) < 4.78 is 30.8. The molecule has 1 heterocycles. The van der Waals surface area contributed by atoms with E-state index in [1.54, 1.807) is 6.92 Å². The van der Waals surface area contributed by atoms with E-state index in [1.165, 1.54) is 29.5 Å². The summed E-state index contributed by atoms with van der Waals surface area (Å²) in [5.74, 6) is -1.10. The molecule has 0 saturated carbocycles. The molecule has 168 valence electrons. The second-order valence-corrected chi connectivity index (χ2v) is 10.9. The largest absolute Gasteiger partial charge is 0.462 e. The second-order valence-electron chi connectivity index (χ2n) is 7.05. The van der Waals surface area contributed by atoms with E-state index in [9.17, 15) is 18.0 Å². The summed E-state index contributed by atoms with van der Waals surface area (Å²) in [6.45, 7) is 1.41. The maximum atomic E-state index is 12.8. The molecule has 1 aromatic carbocycles. The Morgan fingerprint density at radius 3 is 2.61 bits per heavy atom. The number of thiophene rings is 1. The zero-order chi connectivity index (χ0) is 22.8. The zero-order valence-electron chi connectivity index (χ0n) is 17.0. The lowest BCUT2D eigenvalue weighted by Gasteiger charge is -2.23. The van der Waals surface area contributed by atoms with Crippen LogP contribution >= 0.6 is 34.5 Å². The van der Waals surface area contributed by atoms with Crippen LogP contribution in [0, 0.1) is 0 Å². The standard InChI is InChI=1S/C20H22Cl2N2O5S2/c1-3-29-20(26)18-13-6-4-5-7-16(13)30-19(18)23-17(25)11-24(31(2,27)28)15-10-12(21)8-9-14(15)22/h8-10H,3-7,11H2,1-2H3,(H,23,25). The molecule has 0 spiro atoms. The Morgan fingerprint density at radius 2 is 1.94 bits per heavy atom. The molecular weight excluding hydrogens is 483 g/mol. The number of ether oxygens (including phenoxy) is 1. The third-order valence-electron chi connectivity index (χ3n) is 4.77. The SMILES string of the molecule is CCOC(=O)c1c(NC(=O)CN(c2cc(Cl)ccc2Cl)S(C)(=O)=O)sc2c1CCCC2. The van der Waals surface area contributed by atoms with Gasteiger partial charge in [0.25, 0.3) is 0 Å². The van der Waals surface area contributed by atoms with Crippen LogP contribution in [-0.4, -0.2) is 39.7 Å². The zero-order valence-corrected chi connectivity index (χ0v) is 20.2. The first kappa shape index (κ1) is 23.8. The highest BCUT2D eigenvalue weighted by Crippen LogP contribution is 2.39. The van der Waals surface area contributed by atoms with Gasteiger partial charge in [-0.15, -0.1) is 11.3 Å². The first-order valence-corrected chi connectivity index (χ1v) is 13.1. The van der Waals surface area contributed by atoms with Gasteiger partial charge < -0.3 is 10.1 Å². The van der Waals surface area contributed by atoms with Crippen LogP contribution in [0.2, 0.25) is 10.0 Å². The van der Waals surface area contributed by atoms with Crippen molar-refractivity contribution in [1.29, 1.82) is 0 Å². The Kier molecular flexibility index (Phi) is 7.51. The number of hydrogen-bond acceptors (Lipinski definition) is 6. The second kappa shape index (κ2) is 9.77. The normalized spacial score (nSPS) is 13.4. The van der Waals surface area contributed by atoms with Gasteiger partial charge in [-0.1, -0.05) is 23.2 Å². The predicted octanol–water partition coefficient (Wildman–Crippen LogP) is 4.52. The maximum absolute atomic E-state index is 12.8. The fourth-order valence-corrected chi connectivity index (χ4v) is 6.02. The van der Waals surface area contributed by atoms with Crippen molar-refractivity contribution in [2.24, 2.45) is 0 Å². The molecule has 0 saturated heterocycles. The van der Waals surface area contributed by atoms with Gasteiger partial charge in [-0.25, -0.2) is 13.2 Å². The molecule has 1 amide bonds.